The van der Waals surface area contributed by atoms with Crippen LogP contribution >= 0.6 is 0 Å². The van der Waals surface area contributed by atoms with Crippen LogP contribution in [0, 0.1) is 13.8 Å². The van der Waals surface area contributed by atoms with Crippen molar-refractivity contribution in [3.05, 3.63) is 95.1 Å². The summed E-state index contributed by atoms with van der Waals surface area (Å²) < 4.78 is 5.61. The molecule has 2 aromatic heterocycles. The summed E-state index contributed by atoms with van der Waals surface area (Å²) in [6, 6.07) is 15.7. The minimum Gasteiger partial charge on any atom is -0.507 e. The van der Waals surface area contributed by atoms with Crippen molar-refractivity contribution in [2.75, 3.05) is 4.90 Å². The molecule has 2 N–H and O–H groups in total. The number of H-pyrrole nitrogens is 1. The number of para-hydroxylation sites is 1. The highest BCUT2D eigenvalue weighted by molar-refractivity contribution is 6.51. The average Bonchev–Trinajstić information content (AvgIpc) is 3.46. The SMILES string of the molecule is Cc1cc(C)cc(N2C(=O)C(=O)/C(=C(\O)c3c[nH]c4ccccc34)C2c2ccco2)c1. The summed E-state index contributed by atoms with van der Waals surface area (Å²) in [7, 11) is 0. The fourth-order valence-electron chi connectivity index (χ4n) is 4.32. The van der Waals surface area contributed by atoms with E-state index in [9.17, 15) is 14.7 Å². The van der Waals surface area contributed by atoms with Crippen LogP contribution in [0.4, 0.5) is 5.69 Å². The number of amides is 1. The van der Waals surface area contributed by atoms with Crippen molar-refractivity contribution in [1.29, 1.82) is 0 Å². The lowest BCUT2D eigenvalue weighted by atomic mass is 9.98. The van der Waals surface area contributed by atoms with Gasteiger partial charge in [-0.1, -0.05) is 24.3 Å². The van der Waals surface area contributed by atoms with Crippen LogP contribution < -0.4 is 4.90 Å². The molecule has 0 aliphatic carbocycles. The van der Waals surface area contributed by atoms with Crippen LogP contribution in [0.1, 0.15) is 28.5 Å². The monoisotopic (exact) mass is 412 g/mol. The predicted molar refractivity (Wildman–Crippen MR) is 118 cm³/mol. The number of aliphatic hydroxyl groups excluding tert-OH is 1. The molecule has 1 saturated heterocycles. The second-order valence-corrected chi connectivity index (χ2v) is 7.78. The fourth-order valence-corrected chi connectivity index (χ4v) is 4.32. The lowest BCUT2D eigenvalue weighted by Crippen LogP contribution is -2.29. The number of hydrogen-bond acceptors (Lipinski definition) is 4. The number of furan rings is 1. The first-order chi connectivity index (χ1) is 15.0. The highest BCUT2D eigenvalue weighted by Crippen LogP contribution is 2.43. The van der Waals surface area contributed by atoms with E-state index in [2.05, 4.69) is 4.98 Å². The van der Waals surface area contributed by atoms with Crippen LogP contribution in [0.2, 0.25) is 0 Å². The first kappa shape index (κ1) is 18.9. The van der Waals surface area contributed by atoms with Crippen LogP contribution in [0.3, 0.4) is 0 Å². The van der Waals surface area contributed by atoms with Gasteiger partial charge in [-0.15, -0.1) is 0 Å². The van der Waals surface area contributed by atoms with Gasteiger partial charge < -0.3 is 14.5 Å². The van der Waals surface area contributed by atoms with Gasteiger partial charge >= 0.3 is 0 Å². The molecule has 1 fully saturated rings. The normalized spacial score (nSPS) is 18.3. The van der Waals surface area contributed by atoms with Crippen LogP contribution in [-0.4, -0.2) is 21.8 Å². The Balaban J connectivity index is 1.76. The molecule has 4 aromatic rings. The number of carbonyl (C=O) groups excluding carboxylic acids is 2. The lowest BCUT2D eigenvalue weighted by Gasteiger charge is -2.24. The number of hydrogen-bond donors (Lipinski definition) is 2. The molecule has 3 heterocycles. The van der Waals surface area contributed by atoms with Crippen molar-refractivity contribution in [2.45, 2.75) is 19.9 Å². The maximum atomic E-state index is 13.2. The van der Waals surface area contributed by atoms with Crippen molar-refractivity contribution in [3.63, 3.8) is 0 Å². The molecule has 154 valence electrons. The van der Waals surface area contributed by atoms with Crippen molar-refractivity contribution in [1.82, 2.24) is 4.98 Å². The molecular formula is C25H20N2O4. The van der Waals surface area contributed by atoms with Gasteiger partial charge in [0.25, 0.3) is 11.7 Å². The van der Waals surface area contributed by atoms with Gasteiger partial charge in [0.1, 0.15) is 17.6 Å². The Hall–Kier alpha value is -4.06. The van der Waals surface area contributed by atoms with Crippen molar-refractivity contribution >= 4 is 34.0 Å². The predicted octanol–water partition coefficient (Wildman–Crippen LogP) is 5.00. The Morgan fingerprint density at radius 1 is 1.03 bits per heavy atom. The van der Waals surface area contributed by atoms with Gasteiger partial charge in [0.05, 0.1) is 11.8 Å². The molecule has 1 aliphatic heterocycles. The molecule has 1 atom stereocenters. The van der Waals surface area contributed by atoms with E-state index in [0.717, 1.165) is 22.0 Å². The standard InChI is InChI=1S/C25H20N2O4/c1-14-10-15(2)12-16(11-14)27-22(20-8-5-9-31-20)21(24(29)25(27)30)23(28)18-13-26-19-7-4-3-6-17(18)19/h3-13,22,26,28H,1-2H3/b23-21-. The van der Waals surface area contributed by atoms with E-state index in [1.165, 1.54) is 11.2 Å². The zero-order valence-corrected chi connectivity index (χ0v) is 17.0. The topological polar surface area (TPSA) is 86.5 Å². The van der Waals surface area contributed by atoms with Gasteiger partial charge in [-0.25, -0.2) is 0 Å². The van der Waals surface area contributed by atoms with Crippen LogP contribution in [0.15, 0.2) is 77.0 Å². The zero-order chi connectivity index (χ0) is 21.7. The summed E-state index contributed by atoms with van der Waals surface area (Å²) in [5.41, 5.74) is 3.80. The van der Waals surface area contributed by atoms with E-state index < -0.39 is 17.7 Å². The Morgan fingerprint density at radius 3 is 2.48 bits per heavy atom. The fraction of sp³-hybridized carbons (Fsp3) is 0.120. The van der Waals surface area contributed by atoms with Gasteiger partial charge in [-0.05, 0) is 55.3 Å². The molecule has 31 heavy (non-hydrogen) atoms. The van der Waals surface area contributed by atoms with Gasteiger partial charge in [-0.3, -0.25) is 14.5 Å². The van der Waals surface area contributed by atoms with Crippen LogP contribution in [0.5, 0.6) is 0 Å². The third-order valence-corrected chi connectivity index (χ3v) is 5.59. The number of ketones is 1. The van der Waals surface area contributed by atoms with E-state index in [1.807, 2.05) is 56.3 Å². The largest absolute Gasteiger partial charge is 0.507 e. The second-order valence-electron chi connectivity index (χ2n) is 7.78. The maximum absolute atomic E-state index is 13.2. The first-order valence-electron chi connectivity index (χ1n) is 9.95. The van der Waals surface area contributed by atoms with E-state index in [0.29, 0.717) is 17.0 Å². The highest BCUT2D eigenvalue weighted by Gasteiger charge is 2.48. The minimum atomic E-state index is -0.870. The summed E-state index contributed by atoms with van der Waals surface area (Å²) in [5.74, 6) is -1.28. The molecule has 1 unspecified atom stereocenters. The molecule has 0 bridgehead atoms. The van der Waals surface area contributed by atoms with Gasteiger partial charge in [0.15, 0.2) is 0 Å². The summed E-state index contributed by atoms with van der Waals surface area (Å²) in [6.45, 7) is 3.86. The third kappa shape index (κ3) is 2.95. The van der Waals surface area contributed by atoms with Crippen molar-refractivity contribution in [3.8, 4) is 0 Å². The number of nitrogens with one attached hydrogen (secondary N) is 1. The summed E-state index contributed by atoms with van der Waals surface area (Å²) in [6.07, 6.45) is 3.13. The van der Waals surface area contributed by atoms with E-state index in [1.54, 1.807) is 18.3 Å². The van der Waals surface area contributed by atoms with Crippen molar-refractivity contribution < 1.29 is 19.1 Å². The number of carbonyl (C=O) groups is 2. The number of rotatable bonds is 3. The van der Waals surface area contributed by atoms with Crippen LogP contribution in [-0.2, 0) is 9.59 Å². The smallest absolute Gasteiger partial charge is 0.300 e. The molecule has 0 saturated carbocycles. The molecule has 0 radical (unpaired) electrons. The lowest BCUT2D eigenvalue weighted by molar-refractivity contribution is -0.132. The minimum absolute atomic E-state index is 0.00358. The molecule has 5 rings (SSSR count). The maximum Gasteiger partial charge on any atom is 0.300 e. The summed E-state index contributed by atoms with van der Waals surface area (Å²) in [5, 5.41) is 12.0. The Kier molecular flexibility index (Phi) is 4.29. The summed E-state index contributed by atoms with van der Waals surface area (Å²) >= 11 is 0. The molecule has 1 aliphatic rings. The average molecular weight is 412 g/mol. The number of aryl methyl sites for hydroxylation is 2. The molecule has 1 amide bonds. The molecule has 0 spiro atoms. The van der Waals surface area contributed by atoms with E-state index in [-0.39, 0.29) is 11.3 Å². The van der Waals surface area contributed by atoms with Crippen molar-refractivity contribution in [2.24, 2.45) is 0 Å². The number of anilines is 1. The third-order valence-electron chi connectivity index (χ3n) is 5.59. The number of nitrogens with zero attached hydrogens (tertiary/aromatic N) is 1. The number of aliphatic hydroxyl groups is 1. The Labute approximate surface area is 178 Å². The Morgan fingerprint density at radius 2 is 1.77 bits per heavy atom. The molecule has 6 nitrogen and oxygen atoms in total. The summed E-state index contributed by atoms with van der Waals surface area (Å²) in [4.78, 5) is 30.8. The first-order valence-corrected chi connectivity index (χ1v) is 9.95. The molecule has 6 heteroatoms. The number of fused-ring (bicyclic) bond motifs is 1. The highest BCUT2D eigenvalue weighted by atomic mass is 16.3. The number of Topliss-reactive ketones (excluding diaryl/α,β-unsaturated/α-hetero) is 1. The number of benzene rings is 2. The van der Waals surface area contributed by atoms with E-state index >= 15 is 0 Å². The zero-order valence-electron chi connectivity index (χ0n) is 17.0. The number of aromatic nitrogens is 1. The second kappa shape index (κ2) is 7.02. The van der Waals surface area contributed by atoms with Crippen LogP contribution in [0.25, 0.3) is 16.7 Å². The Bertz CT molecular complexity index is 1340. The molecule has 2 aromatic carbocycles. The quantitative estimate of drug-likeness (QED) is 0.282. The van der Waals surface area contributed by atoms with Gasteiger partial charge in [0, 0.05) is 28.4 Å². The van der Waals surface area contributed by atoms with E-state index in [4.69, 9.17) is 4.42 Å². The molecular weight excluding hydrogens is 392 g/mol. The van der Waals surface area contributed by atoms with Gasteiger partial charge in [-0.2, -0.15) is 0 Å². The van der Waals surface area contributed by atoms with Gasteiger partial charge in [0.2, 0.25) is 0 Å². The number of aromatic amines is 1.